The lowest BCUT2D eigenvalue weighted by Gasteiger charge is -2.24. The third kappa shape index (κ3) is 3.21. The summed E-state index contributed by atoms with van der Waals surface area (Å²) in [6, 6.07) is 7.83. The average molecular weight is 284 g/mol. The quantitative estimate of drug-likeness (QED) is 0.829. The highest BCUT2D eigenvalue weighted by atomic mass is 35.5. The molecule has 1 fully saturated rings. The SMILES string of the molecule is CCCCC(=O)N1CCS[C@@H]1c1cccc(Cl)c1. The van der Waals surface area contributed by atoms with E-state index in [0.717, 1.165) is 35.7 Å². The van der Waals surface area contributed by atoms with Crippen LogP contribution < -0.4 is 0 Å². The highest BCUT2D eigenvalue weighted by Gasteiger charge is 2.29. The van der Waals surface area contributed by atoms with Gasteiger partial charge in [0.25, 0.3) is 0 Å². The molecule has 0 aromatic heterocycles. The van der Waals surface area contributed by atoms with Crippen LogP contribution in [-0.2, 0) is 4.79 Å². The van der Waals surface area contributed by atoms with Crippen LogP contribution in [0.1, 0.15) is 37.1 Å². The van der Waals surface area contributed by atoms with E-state index in [0.29, 0.717) is 6.42 Å². The van der Waals surface area contributed by atoms with Crippen LogP contribution in [0.25, 0.3) is 0 Å². The van der Waals surface area contributed by atoms with Gasteiger partial charge in [0.05, 0.1) is 0 Å². The highest BCUT2D eigenvalue weighted by Crippen LogP contribution is 2.38. The highest BCUT2D eigenvalue weighted by molar-refractivity contribution is 7.99. The summed E-state index contributed by atoms with van der Waals surface area (Å²) in [5.74, 6) is 1.28. The minimum Gasteiger partial charge on any atom is -0.326 e. The first-order valence-corrected chi connectivity index (χ1v) is 7.81. The van der Waals surface area contributed by atoms with E-state index in [1.165, 1.54) is 0 Å². The number of carbonyl (C=O) groups is 1. The first kappa shape index (κ1) is 13.8. The molecule has 1 saturated heterocycles. The Bertz CT molecular complexity index is 424. The Kier molecular flexibility index (Phi) is 4.95. The van der Waals surface area contributed by atoms with Gasteiger partial charge in [0.2, 0.25) is 5.91 Å². The molecule has 0 N–H and O–H groups in total. The molecule has 18 heavy (non-hydrogen) atoms. The molecule has 0 unspecified atom stereocenters. The first-order chi connectivity index (χ1) is 8.72. The van der Waals surface area contributed by atoms with Crippen molar-refractivity contribution in [3.63, 3.8) is 0 Å². The van der Waals surface area contributed by atoms with Gasteiger partial charge in [-0.15, -0.1) is 11.8 Å². The second kappa shape index (κ2) is 6.48. The van der Waals surface area contributed by atoms with Crippen molar-refractivity contribution in [2.45, 2.75) is 31.6 Å². The van der Waals surface area contributed by atoms with Gasteiger partial charge in [-0.2, -0.15) is 0 Å². The van der Waals surface area contributed by atoms with Gasteiger partial charge in [-0.1, -0.05) is 37.1 Å². The Labute approximate surface area is 118 Å². The van der Waals surface area contributed by atoms with Crippen molar-refractivity contribution in [1.82, 2.24) is 4.90 Å². The van der Waals surface area contributed by atoms with Gasteiger partial charge < -0.3 is 4.90 Å². The van der Waals surface area contributed by atoms with Crippen molar-refractivity contribution in [2.24, 2.45) is 0 Å². The summed E-state index contributed by atoms with van der Waals surface area (Å²) in [5, 5.41) is 0.883. The molecule has 4 heteroatoms. The number of thioether (sulfide) groups is 1. The lowest BCUT2D eigenvalue weighted by Crippen LogP contribution is -2.30. The number of benzene rings is 1. The van der Waals surface area contributed by atoms with Crippen LogP contribution in [-0.4, -0.2) is 23.1 Å². The molecule has 0 saturated carbocycles. The van der Waals surface area contributed by atoms with Gasteiger partial charge in [-0.25, -0.2) is 0 Å². The zero-order valence-corrected chi connectivity index (χ0v) is 12.1. The Hall–Kier alpha value is -0.670. The van der Waals surface area contributed by atoms with E-state index < -0.39 is 0 Å². The number of hydrogen-bond acceptors (Lipinski definition) is 2. The smallest absolute Gasteiger partial charge is 0.223 e. The van der Waals surface area contributed by atoms with E-state index in [1.807, 2.05) is 34.9 Å². The molecular weight excluding hydrogens is 266 g/mol. The number of carbonyl (C=O) groups excluding carboxylic acids is 1. The largest absolute Gasteiger partial charge is 0.326 e. The van der Waals surface area contributed by atoms with E-state index in [9.17, 15) is 4.79 Å². The Morgan fingerprint density at radius 3 is 3.11 bits per heavy atom. The molecule has 1 aromatic carbocycles. The van der Waals surface area contributed by atoms with E-state index >= 15 is 0 Å². The number of rotatable bonds is 4. The number of unbranched alkanes of at least 4 members (excludes halogenated alkanes) is 1. The van der Waals surface area contributed by atoms with Crippen LogP contribution in [0.15, 0.2) is 24.3 Å². The normalized spacial score (nSPS) is 19.2. The zero-order chi connectivity index (χ0) is 13.0. The third-order valence-corrected chi connectivity index (χ3v) is 4.59. The average Bonchev–Trinajstić information content (AvgIpc) is 2.85. The minimum absolute atomic E-state index is 0.146. The Morgan fingerprint density at radius 1 is 1.56 bits per heavy atom. The van der Waals surface area contributed by atoms with Crippen LogP contribution >= 0.6 is 23.4 Å². The molecule has 1 atom stereocenters. The van der Waals surface area contributed by atoms with Gasteiger partial charge >= 0.3 is 0 Å². The molecule has 1 aliphatic rings. The van der Waals surface area contributed by atoms with Crippen LogP contribution in [0, 0.1) is 0 Å². The summed E-state index contributed by atoms with van der Waals surface area (Å²) in [5.41, 5.74) is 1.13. The lowest BCUT2D eigenvalue weighted by molar-refractivity contribution is -0.131. The molecule has 1 aromatic rings. The van der Waals surface area contributed by atoms with E-state index in [2.05, 4.69) is 13.0 Å². The summed E-state index contributed by atoms with van der Waals surface area (Å²) < 4.78 is 0. The maximum atomic E-state index is 12.2. The lowest BCUT2D eigenvalue weighted by atomic mass is 10.2. The van der Waals surface area contributed by atoms with E-state index in [1.54, 1.807) is 0 Å². The Morgan fingerprint density at radius 2 is 2.39 bits per heavy atom. The Balaban J connectivity index is 2.10. The van der Waals surface area contributed by atoms with Crippen molar-refractivity contribution >= 4 is 29.3 Å². The van der Waals surface area contributed by atoms with Crippen molar-refractivity contribution in [3.05, 3.63) is 34.9 Å². The topological polar surface area (TPSA) is 20.3 Å². The number of hydrogen-bond donors (Lipinski definition) is 0. The van der Waals surface area contributed by atoms with Crippen LogP contribution in [0.2, 0.25) is 5.02 Å². The van der Waals surface area contributed by atoms with Crippen LogP contribution in [0.4, 0.5) is 0 Å². The predicted octanol–water partition coefficient (Wildman–Crippen LogP) is 4.10. The molecule has 1 amide bonds. The molecule has 0 aliphatic carbocycles. The molecular formula is C14H18ClNOS. The third-order valence-electron chi connectivity index (χ3n) is 3.09. The fourth-order valence-electron chi connectivity index (χ4n) is 2.13. The molecule has 0 bridgehead atoms. The summed E-state index contributed by atoms with van der Waals surface area (Å²) in [4.78, 5) is 14.1. The molecule has 1 heterocycles. The van der Waals surface area contributed by atoms with Gasteiger partial charge in [0, 0.05) is 23.7 Å². The van der Waals surface area contributed by atoms with Gasteiger partial charge in [-0.05, 0) is 24.1 Å². The van der Waals surface area contributed by atoms with Crippen molar-refractivity contribution in [3.8, 4) is 0 Å². The second-order valence-corrected chi connectivity index (χ2v) is 6.09. The van der Waals surface area contributed by atoms with Crippen molar-refractivity contribution in [2.75, 3.05) is 12.3 Å². The fourth-order valence-corrected chi connectivity index (χ4v) is 3.60. The second-order valence-electron chi connectivity index (χ2n) is 4.47. The summed E-state index contributed by atoms with van der Waals surface area (Å²) >= 11 is 7.84. The van der Waals surface area contributed by atoms with Crippen LogP contribution in [0.5, 0.6) is 0 Å². The molecule has 98 valence electrons. The maximum absolute atomic E-state index is 12.2. The van der Waals surface area contributed by atoms with Gasteiger partial charge in [-0.3, -0.25) is 4.79 Å². The van der Waals surface area contributed by atoms with Gasteiger partial charge in [0.1, 0.15) is 5.37 Å². The van der Waals surface area contributed by atoms with E-state index in [4.69, 9.17) is 11.6 Å². The van der Waals surface area contributed by atoms with Gasteiger partial charge in [0.15, 0.2) is 0 Å². The maximum Gasteiger partial charge on any atom is 0.223 e. The van der Waals surface area contributed by atoms with Crippen molar-refractivity contribution in [1.29, 1.82) is 0 Å². The monoisotopic (exact) mass is 283 g/mol. The number of amides is 1. The number of halogens is 1. The minimum atomic E-state index is 0.146. The van der Waals surface area contributed by atoms with Crippen molar-refractivity contribution < 1.29 is 4.79 Å². The summed E-state index contributed by atoms with van der Waals surface area (Å²) in [6.07, 6.45) is 2.70. The zero-order valence-electron chi connectivity index (χ0n) is 10.6. The van der Waals surface area contributed by atoms with Crippen LogP contribution in [0.3, 0.4) is 0 Å². The standard InChI is InChI=1S/C14H18ClNOS/c1-2-3-7-13(17)16-8-9-18-14(16)11-5-4-6-12(15)10-11/h4-6,10,14H,2-3,7-9H2,1H3/t14-/m1/s1. The fraction of sp³-hybridized carbons (Fsp3) is 0.500. The molecule has 0 radical (unpaired) electrons. The number of nitrogens with zero attached hydrogens (tertiary/aromatic N) is 1. The first-order valence-electron chi connectivity index (χ1n) is 6.39. The molecule has 1 aliphatic heterocycles. The molecule has 0 spiro atoms. The van der Waals surface area contributed by atoms with E-state index in [-0.39, 0.29) is 11.3 Å². The molecule has 2 rings (SSSR count). The summed E-state index contributed by atoms with van der Waals surface area (Å²) in [7, 11) is 0. The molecule has 2 nitrogen and oxygen atoms in total. The summed E-state index contributed by atoms with van der Waals surface area (Å²) in [6.45, 7) is 2.96. The predicted molar refractivity (Wildman–Crippen MR) is 77.9 cm³/mol.